The van der Waals surface area contributed by atoms with E-state index in [2.05, 4.69) is 10.6 Å². The molecule has 0 radical (unpaired) electrons. The second kappa shape index (κ2) is 8.64. The summed E-state index contributed by atoms with van der Waals surface area (Å²) in [5.74, 6) is -0.135. The number of carbonyl (C=O) groups is 2. The van der Waals surface area contributed by atoms with Gasteiger partial charge in [-0.05, 0) is 37.8 Å². The Bertz CT molecular complexity index is 542. The van der Waals surface area contributed by atoms with Crippen molar-refractivity contribution in [1.82, 2.24) is 10.6 Å². The van der Waals surface area contributed by atoms with Crippen LogP contribution < -0.4 is 16.4 Å². The molecule has 4 N–H and O–H groups in total. The van der Waals surface area contributed by atoms with E-state index in [1.807, 2.05) is 25.1 Å². The molecule has 1 saturated heterocycles. The predicted molar refractivity (Wildman–Crippen MR) is 88.0 cm³/mol. The Balaban J connectivity index is 1.68. The predicted octanol–water partition coefficient (Wildman–Crippen LogP) is 0.595. The van der Waals surface area contributed by atoms with Crippen LogP contribution in [0, 0.1) is 12.8 Å². The normalized spacial score (nSPS) is 16.6. The lowest BCUT2D eigenvalue weighted by Crippen LogP contribution is -2.48. The van der Waals surface area contributed by atoms with Gasteiger partial charge in [0.2, 0.25) is 5.91 Å². The molecule has 0 spiro atoms. The minimum atomic E-state index is -0.508. The van der Waals surface area contributed by atoms with Crippen molar-refractivity contribution in [3.8, 4) is 0 Å². The van der Waals surface area contributed by atoms with E-state index in [0.717, 1.165) is 18.4 Å². The molecule has 1 aromatic rings. The first-order valence-corrected chi connectivity index (χ1v) is 8.04. The topological polar surface area (TPSA) is 93.5 Å². The first kappa shape index (κ1) is 17.4. The Kier molecular flexibility index (Phi) is 6.55. The highest BCUT2D eigenvalue weighted by Gasteiger charge is 2.26. The van der Waals surface area contributed by atoms with Crippen molar-refractivity contribution in [3.05, 3.63) is 35.4 Å². The lowest BCUT2D eigenvalue weighted by Gasteiger charge is -2.26. The van der Waals surface area contributed by atoms with Crippen molar-refractivity contribution in [3.63, 3.8) is 0 Å². The van der Waals surface area contributed by atoms with Crippen LogP contribution in [-0.2, 0) is 9.53 Å². The number of hydrogen-bond acceptors (Lipinski definition) is 4. The molecule has 6 nitrogen and oxygen atoms in total. The van der Waals surface area contributed by atoms with Crippen molar-refractivity contribution in [2.45, 2.75) is 25.8 Å². The number of nitrogens with one attached hydrogen (secondary N) is 2. The van der Waals surface area contributed by atoms with Gasteiger partial charge >= 0.3 is 0 Å². The van der Waals surface area contributed by atoms with Crippen molar-refractivity contribution < 1.29 is 14.3 Å². The Hall–Kier alpha value is -1.92. The number of aryl methyl sites for hydroxylation is 1. The van der Waals surface area contributed by atoms with Gasteiger partial charge in [-0.1, -0.05) is 17.7 Å². The standard InChI is InChI=1S/C17H25N3O3/c1-12-3-2-4-14(11-12)16(21)19-7-8-20-17(22)15(18)13-5-9-23-10-6-13/h2-4,11,13,15H,5-10,18H2,1H3,(H,19,21)(H,20,22). The maximum absolute atomic E-state index is 12.0. The summed E-state index contributed by atoms with van der Waals surface area (Å²) in [6.07, 6.45) is 1.64. The summed E-state index contributed by atoms with van der Waals surface area (Å²) < 4.78 is 5.27. The van der Waals surface area contributed by atoms with Crippen LogP contribution in [0.3, 0.4) is 0 Å². The maximum Gasteiger partial charge on any atom is 0.251 e. The molecule has 1 unspecified atom stereocenters. The summed E-state index contributed by atoms with van der Waals surface area (Å²) >= 11 is 0. The lowest BCUT2D eigenvalue weighted by molar-refractivity contribution is -0.124. The number of carbonyl (C=O) groups excluding carboxylic acids is 2. The molecule has 0 saturated carbocycles. The minimum Gasteiger partial charge on any atom is -0.381 e. The lowest BCUT2D eigenvalue weighted by atomic mass is 9.92. The molecule has 0 aromatic heterocycles. The van der Waals surface area contributed by atoms with Crippen LogP contribution in [0.4, 0.5) is 0 Å². The zero-order valence-electron chi connectivity index (χ0n) is 13.5. The quantitative estimate of drug-likeness (QED) is 0.669. The van der Waals surface area contributed by atoms with Gasteiger partial charge in [-0.15, -0.1) is 0 Å². The molecular weight excluding hydrogens is 294 g/mol. The molecular formula is C17H25N3O3. The minimum absolute atomic E-state index is 0.142. The van der Waals surface area contributed by atoms with E-state index >= 15 is 0 Å². The molecule has 0 aliphatic carbocycles. The second-order valence-corrected chi connectivity index (χ2v) is 5.89. The maximum atomic E-state index is 12.0. The Morgan fingerprint density at radius 1 is 1.26 bits per heavy atom. The van der Waals surface area contributed by atoms with E-state index in [1.54, 1.807) is 6.07 Å². The molecule has 0 bridgehead atoms. The summed E-state index contributed by atoms with van der Waals surface area (Å²) in [5, 5.41) is 5.56. The Morgan fingerprint density at radius 3 is 2.65 bits per heavy atom. The molecule has 1 heterocycles. The highest BCUT2D eigenvalue weighted by molar-refractivity contribution is 5.94. The van der Waals surface area contributed by atoms with Crippen LogP contribution in [0.25, 0.3) is 0 Å². The average Bonchev–Trinajstić information content (AvgIpc) is 2.58. The van der Waals surface area contributed by atoms with Gasteiger partial charge in [-0.2, -0.15) is 0 Å². The van der Waals surface area contributed by atoms with Gasteiger partial charge in [0.05, 0.1) is 6.04 Å². The zero-order chi connectivity index (χ0) is 16.7. The van der Waals surface area contributed by atoms with E-state index in [4.69, 9.17) is 10.5 Å². The molecule has 1 aliphatic rings. The first-order chi connectivity index (χ1) is 11.1. The van der Waals surface area contributed by atoms with Gasteiger partial charge in [0.1, 0.15) is 0 Å². The van der Waals surface area contributed by atoms with Crippen LogP contribution >= 0.6 is 0 Å². The van der Waals surface area contributed by atoms with Crippen LogP contribution in [0.5, 0.6) is 0 Å². The molecule has 2 rings (SSSR count). The molecule has 1 fully saturated rings. The van der Waals surface area contributed by atoms with Crippen LogP contribution in [0.2, 0.25) is 0 Å². The third kappa shape index (κ3) is 5.33. The van der Waals surface area contributed by atoms with Crippen molar-refractivity contribution >= 4 is 11.8 Å². The van der Waals surface area contributed by atoms with Gasteiger partial charge in [-0.3, -0.25) is 9.59 Å². The van der Waals surface area contributed by atoms with Gasteiger partial charge in [0.15, 0.2) is 0 Å². The second-order valence-electron chi connectivity index (χ2n) is 5.89. The Morgan fingerprint density at radius 2 is 1.96 bits per heavy atom. The summed E-state index contributed by atoms with van der Waals surface area (Å²) in [7, 11) is 0. The fraction of sp³-hybridized carbons (Fsp3) is 0.529. The highest BCUT2D eigenvalue weighted by atomic mass is 16.5. The van der Waals surface area contributed by atoms with Crippen LogP contribution in [0.15, 0.2) is 24.3 Å². The fourth-order valence-corrected chi connectivity index (χ4v) is 2.66. The molecule has 1 aliphatic heterocycles. The average molecular weight is 319 g/mol. The van der Waals surface area contributed by atoms with E-state index in [0.29, 0.717) is 31.9 Å². The van der Waals surface area contributed by atoms with Gasteiger partial charge < -0.3 is 21.1 Å². The first-order valence-electron chi connectivity index (χ1n) is 8.04. The molecule has 126 valence electrons. The van der Waals surface area contributed by atoms with E-state index in [1.165, 1.54) is 0 Å². The summed E-state index contributed by atoms with van der Waals surface area (Å²) in [5.41, 5.74) is 7.64. The number of hydrogen-bond donors (Lipinski definition) is 3. The van der Waals surface area contributed by atoms with Gasteiger partial charge in [0.25, 0.3) is 5.91 Å². The highest BCUT2D eigenvalue weighted by Crippen LogP contribution is 2.17. The number of benzene rings is 1. The number of amides is 2. The summed E-state index contributed by atoms with van der Waals surface area (Å²) in [4.78, 5) is 24.0. The number of nitrogens with two attached hydrogens (primary N) is 1. The van der Waals surface area contributed by atoms with Gasteiger partial charge in [0, 0.05) is 31.9 Å². The molecule has 23 heavy (non-hydrogen) atoms. The van der Waals surface area contributed by atoms with Crippen molar-refractivity contribution in [2.75, 3.05) is 26.3 Å². The monoisotopic (exact) mass is 319 g/mol. The van der Waals surface area contributed by atoms with Crippen LogP contribution in [0.1, 0.15) is 28.8 Å². The SMILES string of the molecule is Cc1cccc(C(=O)NCCNC(=O)C(N)C2CCOCC2)c1. The summed E-state index contributed by atoms with van der Waals surface area (Å²) in [6, 6.07) is 6.87. The third-order valence-corrected chi connectivity index (χ3v) is 4.07. The van der Waals surface area contributed by atoms with E-state index in [-0.39, 0.29) is 17.7 Å². The number of ether oxygens (including phenoxy) is 1. The zero-order valence-corrected chi connectivity index (χ0v) is 13.5. The van der Waals surface area contributed by atoms with Crippen molar-refractivity contribution in [2.24, 2.45) is 11.7 Å². The number of rotatable bonds is 6. The molecule has 1 atom stereocenters. The Labute approximate surface area is 136 Å². The van der Waals surface area contributed by atoms with Gasteiger partial charge in [-0.25, -0.2) is 0 Å². The summed E-state index contributed by atoms with van der Waals surface area (Å²) in [6.45, 7) is 4.01. The fourth-order valence-electron chi connectivity index (χ4n) is 2.66. The van der Waals surface area contributed by atoms with Crippen LogP contribution in [-0.4, -0.2) is 44.2 Å². The molecule has 2 amide bonds. The molecule has 6 heteroatoms. The smallest absolute Gasteiger partial charge is 0.251 e. The molecule has 1 aromatic carbocycles. The van der Waals surface area contributed by atoms with E-state index in [9.17, 15) is 9.59 Å². The largest absolute Gasteiger partial charge is 0.381 e. The van der Waals surface area contributed by atoms with Crippen molar-refractivity contribution in [1.29, 1.82) is 0 Å². The third-order valence-electron chi connectivity index (χ3n) is 4.07. The van der Waals surface area contributed by atoms with E-state index < -0.39 is 6.04 Å².